The Morgan fingerprint density at radius 1 is 1.32 bits per heavy atom. The van der Waals surface area contributed by atoms with Crippen LogP contribution in [0.2, 0.25) is 0 Å². The van der Waals surface area contributed by atoms with Gasteiger partial charge in [-0.2, -0.15) is 9.62 Å². The molecule has 0 atom stereocenters. The Morgan fingerprint density at radius 3 is 2.61 bits per heavy atom. The van der Waals surface area contributed by atoms with Crippen LogP contribution in [-0.4, -0.2) is 97.6 Å². The third-order valence-electron chi connectivity index (χ3n) is 4.74. The zero-order valence-corrected chi connectivity index (χ0v) is 20.0. The summed E-state index contributed by atoms with van der Waals surface area (Å²) in [7, 11) is 3.05. The molecule has 1 aliphatic rings. The van der Waals surface area contributed by atoms with Gasteiger partial charge in [-0.05, 0) is 19.4 Å². The van der Waals surface area contributed by atoms with Crippen molar-refractivity contribution in [1.82, 2.24) is 14.7 Å². The van der Waals surface area contributed by atoms with Crippen LogP contribution in [0, 0.1) is 18.3 Å². The molecule has 0 bridgehead atoms. The summed E-state index contributed by atoms with van der Waals surface area (Å²) in [4.78, 5) is 21.8. The predicted molar refractivity (Wildman–Crippen MR) is 124 cm³/mol. The van der Waals surface area contributed by atoms with E-state index in [0.29, 0.717) is 47.8 Å². The molecule has 1 aromatic rings. The van der Waals surface area contributed by atoms with Gasteiger partial charge in [-0.25, -0.2) is 9.20 Å². The van der Waals surface area contributed by atoms with Crippen molar-refractivity contribution in [2.24, 2.45) is 9.36 Å². The van der Waals surface area contributed by atoms with Gasteiger partial charge in [0.2, 0.25) is 5.91 Å². The van der Waals surface area contributed by atoms with Gasteiger partial charge in [-0.15, -0.1) is 0 Å². The maximum atomic E-state index is 12.4. The molecule has 0 aliphatic carbocycles. The minimum Gasteiger partial charge on any atom is -0.491 e. The van der Waals surface area contributed by atoms with Gasteiger partial charge < -0.3 is 14.5 Å². The predicted octanol–water partition coefficient (Wildman–Crippen LogP) is 1.99. The smallest absolute Gasteiger partial charge is 0.236 e. The highest BCUT2D eigenvalue weighted by Crippen LogP contribution is 2.40. The summed E-state index contributed by atoms with van der Waals surface area (Å²) in [5.41, 5.74) is 1.90. The van der Waals surface area contributed by atoms with Crippen molar-refractivity contribution >= 4 is 33.3 Å². The largest absolute Gasteiger partial charge is 0.491 e. The van der Waals surface area contributed by atoms with Crippen molar-refractivity contribution in [3.05, 3.63) is 17.2 Å². The molecule has 10 heteroatoms. The number of nitriles is 1. The number of amides is 1. The van der Waals surface area contributed by atoms with Crippen LogP contribution in [0.4, 0.5) is 11.4 Å². The molecule has 0 spiro atoms. The number of aliphatic imine (C=N–C) groups is 1. The molecule has 0 radical (unpaired) electrons. The summed E-state index contributed by atoms with van der Waals surface area (Å²) in [6.07, 6.45) is 5.42. The number of likely N-dealkylation sites (N-methyl/N-ethyl adjacent to an activating group) is 1. The van der Waals surface area contributed by atoms with E-state index in [1.165, 1.54) is 0 Å². The average molecular weight is 449 g/mol. The first kappa shape index (κ1) is 24.6. The third-order valence-corrected chi connectivity index (χ3v) is 5.37. The normalized spacial score (nSPS) is 15.3. The molecule has 31 heavy (non-hydrogen) atoms. The van der Waals surface area contributed by atoms with E-state index in [4.69, 9.17) is 4.74 Å². The molecule has 0 saturated carbocycles. The van der Waals surface area contributed by atoms with Crippen molar-refractivity contribution in [1.29, 1.82) is 5.26 Å². The number of nitrogens with zero attached hydrogens (tertiary/aromatic N) is 6. The molecular formula is C21H32N6O3S. The minimum absolute atomic E-state index is 0.122. The molecular weight excluding hydrogens is 416 g/mol. The van der Waals surface area contributed by atoms with Crippen LogP contribution < -0.4 is 4.74 Å². The Balaban J connectivity index is 2.23. The van der Waals surface area contributed by atoms with Crippen LogP contribution in [0.3, 0.4) is 0 Å². The van der Waals surface area contributed by atoms with Gasteiger partial charge >= 0.3 is 0 Å². The van der Waals surface area contributed by atoms with Crippen LogP contribution in [0.1, 0.15) is 17.5 Å². The molecule has 1 aromatic carbocycles. The maximum Gasteiger partial charge on any atom is 0.236 e. The summed E-state index contributed by atoms with van der Waals surface area (Å²) >= 11 is 0. The fraction of sp³-hybridized carbons (Fsp3) is 0.571. The summed E-state index contributed by atoms with van der Waals surface area (Å²) in [6, 6.07) is 3.84. The van der Waals surface area contributed by atoms with E-state index < -0.39 is 9.73 Å². The number of rotatable bonds is 8. The number of benzene rings is 1. The van der Waals surface area contributed by atoms with Gasteiger partial charge in [0, 0.05) is 68.6 Å². The van der Waals surface area contributed by atoms with E-state index in [1.54, 1.807) is 41.6 Å². The van der Waals surface area contributed by atoms with E-state index in [1.807, 2.05) is 21.1 Å². The van der Waals surface area contributed by atoms with E-state index in [2.05, 4.69) is 20.3 Å². The first-order chi connectivity index (χ1) is 14.5. The molecule has 1 fully saturated rings. The number of carbonyl (C=O) groups is 1. The van der Waals surface area contributed by atoms with Crippen molar-refractivity contribution in [3.63, 3.8) is 0 Å². The van der Waals surface area contributed by atoms with E-state index in [0.717, 1.165) is 19.6 Å². The molecule has 0 unspecified atom stereocenters. The van der Waals surface area contributed by atoms with Crippen LogP contribution >= 0.6 is 0 Å². The molecule has 1 heterocycles. The zero-order chi connectivity index (χ0) is 23.2. The summed E-state index contributed by atoms with van der Waals surface area (Å²) in [6.45, 7) is 4.90. The summed E-state index contributed by atoms with van der Waals surface area (Å²) in [5, 5.41) is 9.68. The first-order valence-electron chi connectivity index (χ1n) is 10.1. The van der Waals surface area contributed by atoms with Gasteiger partial charge in [-0.3, -0.25) is 9.69 Å². The van der Waals surface area contributed by atoms with Gasteiger partial charge in [0.05, 0.1) is 30.7 Å². The quantitative estimate of drug-likeness (QED) is 0.342. The maximum absolute atomic E-state index is 12.4. The lowest BCUT2D eigenvalue weighted by Crippen LogP contribution is -2.48. The van der Waals surface area contributed by atoms with Crippen molar-refractivity contribution in [2.45, 2.75) is 13.3 Å². The van der Waals surface area contributed by atoms with Crippen molar-refractivity contribution in [3.8, 4) is 11.8 Å². The number of piperazine rings is 1. The van der Waals surface area contributed by atoms with Gasteiger partial charge in [-0.1, -0.05) is 0 Å². The van der Waals surface area contributed by atoms with Gasteiger partial charge in [0.25, 0.3) is 0 Å². The zero-order valence-electron chi connectivity index (χ0n) is 19.2. The Bertz CT molecular complexity index is 997. The SMILES string of the molecule is Cc1c(C#N)c(N=CN(C)C)cc(N=S(C)(C)=O)c1OCCCN1CCN(C)C(=O)C1. The molecule has 170 valence electrons. The van der Waals surface area contributed by atoms with E-state index in [-0.39, 0.29) is 5.91 Å². The van der Waals surface area contributed by atoms with E-state index in [9.17, 15) is 14.3 Å². The van der Waals surface area contributed by atoms with Crippen LogP contribution in [0.25, 0.3) is 0 Å². The molecule has 1 saturated heterocycles. The van der Waals surface area contributed by atoms with Crippen LogP contribution in [0.15, 0.2) is 15.4 Å². The Morgan fingerprint density at radius 2 is 2.03 bits per heavy atom. The topological polar surface area (TPSA) is 102 Å². The van der Waals surface area contributed by atoms with E-state index >= 15 is 0 Å². The standard InChI is InChI=1S/C21H32N6O3S/c1-16-17(13-22)18(23-15-25(2)3)12-19(24-31(5,6)29)21(16)30-11-7-8-27-10-9-26(4)20(28)14-27/h12,15H,7-11,14H2,1-6H3. The Labute approximate surface area is 185 Å². The Kier molecular flexibility index (Phi) is 8.42. The number of carbonyl (C=O) groups excluding carboxylic acids is 1. The number of hydrogen-bond donors (Lipinski definition) is 0. The monoisotopic (exact) mass is 448 g/mol. The van der Waals surface area contributed by atoms with Gasteiger partial charge in [0.15, 0.2) is 0 Å². The lowest BCUT2D eigenvalue weighted by Gasteiger charge is -2.31. The second kappa shape index (κ2) is 10.6. The molecule has 1 aliphatic heterocycles. The molecule has 1 amide bonds. The lowest BCUT2D eigenvalue weighted by molar-refractivity contribution is -0.134. The van der Waals surface area contributed by atoms with Gasteiger partial charge in [0.1, 0.15) is 17.5 Å². The van der Waals surface area contributed by atoms with Crippen molar-refractivity contribution in [2.75, 3.05) is 66.4 Å². The van der Waals surface area contributed by atoms with Crippen LogP contribution in [-0.2, 0) is 14.5 Å². The summed E-state index contributed by atoms with van der Waals surface area (Å²) in [5.74, 6) is 0.573. The van der Waals surface area contributed by atoms with Crippen molar-refractivity contribution < 1.29 is 13.7 Å². The fourth-order valence-corrected chi connectivity index (χ4v) is 3.74. The first-order valence-corrected chi connectivity index (χ1v) is 12.4. The average Bonchev–Trinajstić information content (AvgIpc) is 2.66. The van der Waals surface area contributed by atoms with Crippen LogP contribution in [0.5, 0.6) is 5.75 Å². The third kappa shape index (κ3) is 7.22. The fourth-order valence-electron chi connectivity index (χ4n) is 3.13. The molecule has 0 N–H and O–H groups in total. The molecule has 2 rings (SSSR count). The highest BCUT2D eigenvalue weighted by molar-refractivity contribution is 7.92. The Hall–Kier alpha value is -2.64. The minimum atomic E-state index is -2.44. The summed E-state index contributed by atoms with van der Waals surface area (Å²) < 4.78 is 22.7. The second-order valence-corrected chi connectivity index (χ2v) is 10.7. The number of hydrogen-bond acceptors (Lipinski definition) is 7. The highest BCUT2D eigenvalue weighted by Gasteiger charge is 2.21. The molecule has 0 aromatic heterocycles. The molecule has 9 nitrogen and oxygen atoms in total. The lowest BCUT2D eigenvalue weighted by atomic mass is 10.1. The number of ether oxygens (including phenoxy) is 1. The second-order valence-electron chi connectivity index (χ2n) is 8.13. The highest BCUT2D eigenvalue weighted by atomic mass is 32.2.